The molecule has 0 radical (unpaired) electrons. The molecule has 0 bridgehead atoms. The van der Waals surface area contributed by atoms with Crippen LogP contribution in [0.5, 0.6) is 0 Å². The van der Waals surface area contributed by atoms with Crippen molar-refractivity contribution in [3.8, 4) is 0 Å². The van der Waals surface area contributed by atoms with Crippen molar-refractivity contribution < 1.29 is 9.59 Å². The standard InChI is InChI=1S/C23H28N2O2/c1-4-19-12-8-9-13-21(19)25-16-20(14-22(25)26)23(27)24(17(2)3)15-18-10-6-5-7-11-18/h5-13,17,20H,4,14-16H2,1-3H3. The third kappa shape index (κ3) is 4.21. The highest BCUT2D eigenvalue weighted by molar-refractivity contribution is 6.00. The molecule has 1 aliphatic rings. The predicted octanol–water partition coefficient (Wildman–Crippen LogP) is 4.04. The first-order valence-electron chi connectivity index (χ1n) is 9.74. The number of hydrogen-bond donors (Lipinski definition) is 0. The fraction of sp³-hybridized carbons (Fsp3) is 0.391. The molecule has 0 N–H and O–H groups in total. The normalized spacial score (nSPS) is 16.8. The van der Waals surface area contributed by atoms with Crippen molar-refractivity contribution in [2.75, 3.05) is 11.4 Å². The number of para-hydroxylation sites is 1. The summed E-state index contributed by atoms with van der Waals surface area (Å²) in [4.78, 5) is 29.6. The topological polar surface area (TPSA) is 40.6 Å². The van der Waals surface area contributed by atoms with E-state index in [2.05, 4.69) is 6.92 Å². The van der Waals surface area contributed by atoms with Crippen LogP contribution in [0.4, 0.5) is 5.69 Å². The molecular weight excluding hydrogens is 336 g/mol. The summed E-state index contributed by atoms with van der Waals surface area (Å²) in [6, 6.07) is 18.1. The highest BCUT2D eigenvalue weighted by Crippen LogP contribution is 2.30. The number of nitrogens with zero attached hydrogens (tertiary/aromatic N) is 2. The Morgan fingerprint density at radius 3 is 2.44 bits per heavy atom. The fourth-order valence-corrected chi connectivity index (χ4v) is 3.71. The van der Waals surface area contributed by atoms with Crippen molar-refractivity contribution in [2.24, 2.45) is 5.92 Å². The number of benzene rings is 2. The Morgan fingerprint density at radius 2 is 1.78 bits per heavy atom. The molecule has 2 aromatic rings. The van der Waals surface area contributed by atoms with Gasteiger partial charge in [0.15, 0.2) is 0 Å². The molecular formula is C23H28N2O2. The van der Waals surface area contributed by atoms with Gasteiger partial charge in [-0.05, 0) is 37.5 Å². The first kappa shape index (κ1) is 19.2. The number of carbonyl (C=O) groups excluding carboxylic acids is 2. The zero-order valence-electron chi connectivity index (χ0n) is 16.4. The first-order valence-corrected chi connectivity index (χ1v) is 9.74. The van der Waals surface area contributed by atoms with Gasteiger partial charge in [-0.15, -0.1) is 0 Å². The van der Waals surface area contributed by atoms with Crippen LogP contribution in [0.15, 0.2) is 54.6 Å². The quantitative estimate of drug-likeness (QED) is 0.776. The van der Waals surface area contributed by atoms with Gasteiger partial charge < -0.3 is 9.80 Å². The van der Waals surface area contributed by atoms with E-state index in [0.29, 0.717) is 13.1 Å². The Bertz CT molecular complexity index is 801. The van der Waals surface area contributed by atoms with Crippen molar-refractivity contribution in [1.29, 1.82) is 0 Å². The SMILES string of the molecule is CCc1ccccc1N1CC(C(=O)N(Cc2ccccc2)C(C)C)CC1=O. The highest BCUT2D eigenvalue weighted by atomic mass is 16.2. The van der Waals surface area contributed by atoms with Gasteiger partial charge in [0.05, 0.1) is 5.92 Å². The van der Waals surface area contributed by atoms with Gasteiger partial charge in [0.2, 0.25) is 11.8 Å². The van der Waals surface area contributed by atoms with Crippen molar-refractivity contribution in [3.63, 3.8) is 0 Å². The van der Waals surface area contributed by atoms with Crippen LogP contribution < -0.4 is 4.90 Å². The lowest BCUT2D eigenvalue weighted by molar-refractivity contribution is -0.138. The molecule has 4 heteroatoms. The molecule has 1 aliphatic heterocycles. The molecule has 142 valence electrons. The summed E-state index contributed by atoms with van der Waals surface area (Å²) in [7, 11) is 0. The Balaban J connectivity index is 1.77. The molecule has 0 saturated carbocycles. The monoisotopic (exact) mass is 364 g/mol. The molecule has 2 aromatic carbocycles. The highest BCUT2D eigenvalue weighted by Gasteiger charge is 2.38. The van der Waals surface area contributed by atoms with Crippen LogP contribution in [-0.4, -0.2) is 29.3 Å². The largest absolute Gasteiger partial charge is 0.336 e. The molecule has 4 nitrogen and oxygen atoms in total. The minimum absolute atomic E-state index is 0.0395. The first-order chi connectivity index (χ1) is 13.0. The predicted molar refractivity (Wildman–Crippen MR) is 108 cm³/mol. The fourth-order valence-electron chi connectivity index (χ4n) is 3.71. The van der Waals surface area contributed by atoms with E-state index in [1.165, 1.54) is 0 Å². The van der Waals surface area contributed by atoms with E-state index < -0.39 is 0 Å². The zero-order chi connectivity index (χ0) is 19.4. The summed E-state index contributed by atoms with van der Waals surface area (Å²) in [5.41, 5.74) is 3.19. The maximum Gasteiger partial charge on any atom is 0.228 e. The maximum absolute atomic E-state index is 13.2. The number of hydrogen-bond acceptors (Lipinski definition) is 2. The minimum atomic E-state index is -0.284. The minimum Gasteiger partial charge on any atom is -0.336 e. The summed E-state index contributed by atoms with van der Waals surface area (Å²) in [6.45, 7) is 7.19. The van der Waals surface area contributed by atoms with Crippen LogP contribution in [0.2, 0.25) is 0 Å². The summed E-state index contributed by atoms with van der Waals surface area (Å²) in [6.07, 6.45) is 1.15. The van der Waals surface area contributed by atoms with Gasteiger partial charge in [-0.1, -0.05) is 55.5 Å². The lowest BCUT2D eigenvalue weighted by Gasteiger charge is -2.29. The van der Waals surface area contributed by atoms with Crippen molar-refractivity contribution in [1.82, 2.24) is 4.90 Å². The second kappa shape index (κ2) is 8.38. The van der Waals surface area contributed by atoms with E-state index in [0.717, 1.165) is 23.2 Å². The van der Waals surface area contributed by atoms with Crippen molar-refractivity contribution >= 4 is 17.5 Å². The zero-order valence-corrected chi connectivity index (χ0v) is 16.4. The summed E-state index contributed by atoms with van der Waals surface area (Å²) >= 11 is 0. The number of amides is 2. The molecule has 1 atom stereocenters. The molecule has 1 heterocycles. The van der Waals surface area contributed by atoms with E-state index >= 15 is 0 Å². The van der Waals surface area contributed by atoms with Gasteiger partial charge in [-0.25, -0.2) is 0 Å². The summed E-state index contributed by atoms with van der Waals surface area (Å²) < 4.78 is 0. The lowest BCUT2D eigenvalue weighted by Crippen LogP contribution is -2.41. The Kier molecular flexibility index (Phi) is 5.94. The molecule has 0 aliphatic carbocycles. The Labute approximate surface area is 161 Å². The van der Waals surface area contributed by atoms with Crippen LogP contribution in [-0.2, 0) is 22.6 Å². The number of carbonyl (C=O) groups is 2. The van der Waals surface area contributed by atoms with Gasteiger partial charge in [-0.3, -0.25) is 9.59 Å². The number of aryl methyl sites for hydroxylation is 1. The van der Waals surface area contributed by atoms with Gasteiger partial charge in [-0.2, -0.15) is 0 Å². The molecule has 1 fully saturated rings. The second-order valence-electron chi connectivity index (χ2n) is 7.43. The Hall–Kier alpha value is -2.62. The Morgan fingerprint density at radius 1 is 1.11 bits per heavy atom. The van der Waals surface area contributed by atoms with E-state index in [4.69, 9.17) is 0 Å². The lowest BCUT2D eigenvalue weighted by atomic mass is 10.0. The van der Waals surface area contributed by atoms with Gasteiger partial charge in [0, 0.05) is 31.2 Å². The second-order valence-corrected chi connectivity index (χ2v) is 7.43. The van der Waals surface area contributed by atoms with Crippen LogP contribution in [0.25, 0.3) is 0 Å². The molecule has 0 spiro atoms. The molecule has 1 unspecified atom stereocenters. The van der Waals surface area contributed by atoms with Crippen LogP contribution in [0.1, 0.15) is 38.3 Å². The average molecular weight is 364 g/mol. The van der Waals surface area contributed by atoms with E-state index in [1.807, 2.05) is 73.3 Å². The summed E-state index contributed by atoms with van der Waals surface area (Å²) in [5.74, 6) is -0.176. The summed E-state index contributed by atoms with van der Waals surface area (Å²) in [5, 5.41) is 0. The van der Waals surface area contributed by atoms with Crippen molar-refractivity contribution in [2.45, 2.75) is 46.2 Å². The van der Waals surface area contributed by atoms with Crippen LogP contribution in [0.3, 0.4) is 0 Å². The van der Waals surface area contributed by atoms with E-state index in [1.54, 1.807) is 4.90 Å². The van der Waals surface area contributed by atoms with Gasteiger partial charge >= 0.3 is 0 Å². The molecule has 1 saturated heterocycles. The van der Waals surface area contributed by atoms with E-state index in [-0.39, 0.29) is 30.2 Å². The number of rotatable bonds is 6. The molecule has 0 aromatic heterocycles. The third-order valence-corrected chi connectivity index (χ3v) is 5.24. The average Bonchev–Trinajstić information content (AvgIpc) is 3.07. The molecule has 27 heavy (non-hydrogen) atoms. The van der Waals surface area contributed by atoms with Crippen molar-refractivity contribution in [3.05, 3.63) is 65.7 Å². The van der Waals surface area contributed by atoms with Crippen LogP contribution >= 0.6 is 0 Å². The maximum atomic E-state index is 13.2. The smallest absolute Gasteiger partial charge is 0.228 e. The van der Waals surface area contributed by atoms with Crippen LogP contribution in [0, 0.1) is 5.92 Å². The molecule has 2 amide bonds. The van der Waals surface area contributed by atoms with E-state index in [9.17, 15) is 9.59 Å². The third-order valence-electron chi connectivity index (χ3n) is 5.24. The van der Waals surface area contributed by atoms with Gasteiger partial charge in [0.1, 0.15) is 0 Å². The number of anilines is 1. The van der Waals surface area contributed by atoms with Gasteiger partial charge in [0.25, 0.3) is 0 Å². The molecule has 3 rings (SSSR count).